The van der Waals surface area contributed by atoms with Crippen LogP contribution in [0.15, 0.2) is 24.3 Å². The van der Waals surface area contributed by atoms with Crippen LogP contribution in [0.1, 0.15) is 18.4 Å². The molecule has 1 aromatic rings. The molecule has 0 aromatic heterocycles. The van der Waals surface area contributed by atoms with Gasteiger partial charge in [0.2, 0.25) is 5.91 Å². The number of nitrogen functional groups attached to an aromatic ring is 1. The monoisotopic (exact) mass is 401 g/mol. The Kier molecular flexibility index (Phi) is 10.2. The lowest BCUT2D eigenvalue weighted by atomic mass is 10.1. The van der Waals surface area contributed by atoms with Gasteiger partial charge in [-0.15, -0.1) is 24.8 Å². The summed E-state index contributed by atoms with van der Waals surface area (Å²) < 4.78 is 37.0. The largest absolute Gasteiger partial charge is 0.401 e. The number of alkyl halides is 3. The van der Waals surface area contributed by atoms with Gasteiger partial charge in [0.15, 0.2) is 0 Å². The molecule has 25 heavy (non-hydrogen) atoms. The van der Waals surface area contributed by atoms with Crippen molar-refractivity contribution in [3.63, 3.8) is 0 Å². The lowest BCUT2D eigenvalue weighted by Gasteiger charge is -2.18. The van der Waals surface area contributed by atoms with E-state index in [9.17, 15) is 18.0 Å². The molecule has 1 amide bonds. The van der Waals surface area contributed by atoms with E-state index < -0.39 is 12.7 Å². The summed E-state index contributed by atoms with van der Waals surface area (Å²) in [5.74, 6) is -0.00869. The minimum absolute atomic E-state index is 0. The molecular formula is C16H24Cl2F3N3O. The number of amides is 1. The molecule has 1 saturated heterocycles. The van der Waals surface area contributed by atoms with Crippen molar-refractivity contribution in [3.8, 4) is 0 Å². The van der Waals surface area contributed by atoms with E-state index in [2.05, 4.69) is 5.32 Å². The number of likely N-dealkylation sites (tertiary alicyclic amines) is 1. The zero-order valence-corrected chi connectivity index (χ0v) is 15.4. The fourth-order valence-corrected chi connectivity index (χ4v) is 2.83. The Morgan fingerprint density at radius 2 is 1.96 bits per heavy atom. The van der Waals surface area contributed by atoms with E-state index in [4.69, 9.17) is 5.73 Å². The number of nitrogens with zero attached hydrogens (tertiary/aromatic N) is 1. The Morgan fingerprint density at radius 1 is 1.28 bits per heavy atom. The van der Waals surface area contributed by atoms with Crippen molar-refractivity contribution in [2.24, 2.45) is 5.92 Å². The number of nitrogens with one attached hydrogen (secondary N) is 1. The molecule has 144 valence electrons. The van der Waals surface area contributed by atoms with Crippen molar-refractivity contribution < 1.29 is 18.0 Å². The zero-order chi connectivity index (χ0) is 16.9. The van der Waals surface area contributed by atoms with Crippen LogP contribution in [0, 0.1) is 5.92 Å². The van der Waals surface area contributed by atoms with Crippen LogP contribution in [0.25, 0.3) is 0 Å². The highest BCUT2D eigenvalue weighted by Crippen LogP contribution is 2.22. The van der Waals surface area contributed by atoms with E-state index in [0.717, 1.165) is 5.56 Å². The second-order valence-corrected chi connectivity index (χ2v) is 6.01. The van der Waals surface area contributed by atoms with Gasteiger partial charge in [0.05, 0.1) is 6.54 Å². The molecule has 0 saturated carbocycles. The van der Waals surface area contributed by atoms with Crippen LogP contribution in [0.2, 0.25) is 0 Å². The number of nitrogens with two attached hydrogens (primary N) is 1. The van der Waals surface area contributed by atoms with Gasteiger partial charge < -0.3 is 11.1 Å². The number of carbonyl (C=O) groups is 1. The number of aryl methyl sites for hydroxylation is 1. The fourth-order valence-electron chi connectivity index (χ4n) is 2.83. The summed E-state index contributed by atoms with van der Waals surface area (Å²) in [6.45, 7) is 0.369. The van der Waals surface area contributed by atoms with Crippen LogP contribution in [0.3, 0.4) is 0 Å². The molecule has 0 bridgehead atoms. The summed E-state index contributed by atoms with van der Waals surface area (Å²) >= 11 is 0. The SMILES string of the molecule is Cl.Cl.Nc1ccccc1CCC(=O)NCC1CCN(CC(F)(F)F)C1. The molecule has 3 N–H and O–H groups in total. The van der Waals surface area contributed by atoms with Crippen molar-refractivity contribution in [2.45, 2.75) is 25.4 Å². The second-order valence-electron chi connectivity index (χ2n) is 6.01. The molecule has 1 aromatic carbocycles. The first kappa shape index (κ1) is 23.8. The van der Waals surface area contributed by atoms with Crippen molar-refractivity contribution in [3.05, 3.63) is 29.8 Å². The summed E-state index contributed by atoms with van der Waals surface area (Å²) in [5.41, 5.74) is 7.41. The normalized spacial score (nSPS) is 17.5. The number of hydrogen-bond donors (Lipinski definition) is 2. The zero-order valence-electron chi connectivity index (χ0n) is 13.7. The molecule has 0 aliphatic carbocycles. The summed E-state index contributed by atoms with van der Waals surface area (Å²) in [4.78, 5) is 13.2. The Morgan fingerprint density at radius 3 is 2.60 bits per heavy atom. The third-order valence-corrected chi connectivity index (χ3v) is 4.04. The van der Waals surface area contributed by atoms with Gasteiger partial charge in [-0.3, -0.25) is 9.69 Å². The first-order chi connectivity index (χ1) is 10.8. The molecule has 9 heteroatoms. The maximum Gasteiger partial charge on any atom is 0.401 e. The van der Waals surface area contributed by atoms with Crippen LogP contribution in [-0.4, -0.2) is 43.2 Å². The molecule has 1 unspecified atom stereocenters. The first-order valence-electron chi connectivity index (χ1n) is 7.72. The van der Waals surface area contributed by atoms with Gasteiger partial charge in [-0.1, -0.05) is 18.2 Å². The minimum Gasteiger partial charge on any atom is -0.399 e. The van der Waals surface area contributed by atoms with E-state index in [1.165, 1.54) is 4.90 Å². The Balaban J connectivity index is 0.00000288. The number of para-hydroxylation sites is 1. The summed E-state index contributed by atoms with van der Waals surface area (Å²) in [5, 5.41) is 2.81. The molecule has 0 spiro atoms. The first-order valence-corrected chi connectivity index (χ1v) is 7.72. The Labute approximate surface area is 158 Å². The number of rotatable bonds is 6. The van der Waals surface area contributed by atoms with Crippen molar-refractivity contribution >= 4 is 36.4 Å². The van der Waals surface area contributed by atoms with E-state index in [0.29, 0.717) is 44.6 Å². The smallest absolute Gasteiger partial charge is 0.399 e. The summed E-state index contributed by atoms with van der Waals surface area (Å²) in [7, 11) is 0. The quantitative estimate of drug-likeness (QED) is 0.720. The van der Waals surface area contributed by atoms with E-state index in [1.54, 1.807) is 6.07 Å². The van der Waals surface area contributed by atoms with Crippen LogP contribution >= 0.6 is 24.8 Å². The average Bonchev–Trinajstić information content (AvgIpc) is 2.89. The maximum absolute atomic E-state index is 12.3. The number of halogens is 5. The van der Waals surface area contributed by atoms with Crippen molar-refractivity contribution in [2.75, 3.05) is 31.9 Å². The lowest BCUT2D eigenvalue weighted by Crippen LogP contribution is -2.34. The molecule has 1 atom stereocenters. The van der Waals surface area contributed by atoms with Gasteiger partial charge in [0.1, 0.15) is 0 Å². The van der Waals surface area contributed by atoms with Gasteiger partial charge in [-0.25, -0.2) is 0 Å². The molecule has 4 nitrogen and oxygen atoms in total. The number of hydrogen-bond acceptors (Lipinski definition) is 3. The molecule has 0 radical (unpaired) electrons. The summed E-state index contributed by atoms with van der Waals surface area (Å²) in [6, 6.07) is 7.39. The molecule has 1 heterocycles. The number of carbonyl (C=O) groups excluding carboxylic acids is 1. The predicted molar refractivity (Wildman–Crippen MR) is 97.3 cm³/mol. The van der Waals surface area contributed by atoms with E-state index >= 15 is 0 Å². The number of anilines is 1. The highest BCUT2D eigenvalue weighted by atomic mass is 35.5. The fraction of sp³-hybridized carbons (Fsp3) is 0.562. The minimum atomic E-state index is -4.16. The van der Waals surface area contributed by atoms with E-state index in [-0.39, 0.29) is 36.6 Å². The molecule has 1 aliphatic rings. The topological polar surface area (TPSA) is 58.4 Å². The van der Waals surface area contributed by atoms with Crippen molar-refractivity contribution in [1.29, 1.82) is 0 Å². The van der Waals surface area contributed by atoms with Crippen LogP contribution < -0.4 is 11.1 Å². The number of benzene rings is 1. The molecular weight excluding hydrogens is 378 g/mol. The van der Waals surface area contributed by atoms with E-state index in [1.807, 2.05) is 18.2 Å². The predicted octanol–water partition coefficient (Wildman–Crippen LogP) is 3.05. The van der Waals surface area contributed by atoms with Crippen molar-refractivity contribution in [1.82, 2.24) is 10.2 Å². The molecule has 1 aliphatic heterocycles. The maximum atomic E-state index is 12.3. The highest BCUT2D eigenvalue weighted by Gasteiger charge is 2.34. The second kappa shape index (κ2) is 10.7. The standard InChI is InChI=1S/C16H22F3N3O.2ClH/c17-16(18,19)11-22-8-7-12(10-22)9-21-15(23)6-5-13-3-1-2-4-14(13)20;;/h1-4,12H,5-11,20H2,(H,21,23);2*1H. The third-order valence-electron chi connectivity index (χ3n) is 4.04. The van der Waals surface area contributed by atoms with Gasteiger partial charge >= 0.3 is 6.18 Å². The lowest BCUT2D eigenvalue weighted by molar-refractivity contribution is -0.143. The van der Waals surface area contributed by atoms with Gasteiger partial charge in [-0.2, -0.15) is 13.2 Å². The van der Waals surface area contributed by atoms with Gasteiger partial charge in [0, 0.05) is 25.2 Å². The molecule has 1 fully saturated rings. The Hall–Kier alpha value is -1.18. The van der Waals surface area contributed by atoms with Crippen LogP contribution in [-0.2, 0) is 11.2 Å². The highest BCUT2D eigenvalue weighted by molar-refractivity contribution is 5.85. The van der Waals surface area contributed by atoms with Gasteiger partial charge in [0.25, 0.3) is 0 Å². The molecule has 2 rings (SSSR count). The summed E-state index contributed by atoms with van der Waals surface area (Å²) in [6.07, 6.45) is -2.59. The third kappa shape index (κ3) is 8.65. The van der Waals surface area contributed by atoms with Gasteiger partial charge in [-0.05, 0) is 36.9 Å². The average molecular weight is 402 g/mol. The van der Waals surface area contributed by atoms with Crippen LogP contribution in [0.5, 0.6) is 0 Å². The Bertz CT molecular complexity index is 544. The van der Waals surface area contributed by atoms with Crippen LogP contribution in [0.4, 0.5) is 18.9 Å².